The van der Waals surface area contributed by atoms with Crippen LogP contribution in [0.3, 0.4) is 0 Å². The van der Waals surface area contributed by atoms with Gasteiger partial charge >= 0.3 is 0 Å². The number of carbonyl (C=O) groups is 3. The monoisotopic (exact) mass is 360 g/mol. The Hall–Kier alpha value is -2.21. The number of hydrogen-bond acceptors (Lipinski definition) is 5. The number of nitrogens with zero attached hydrogens (tertiary/aromatic N) is 2. The van der Waals surface area contributed by atoms with Gasteiger partial charge in [0.15, 0.2) is 5.78 Å². The Balaban J connectivity index is 1.73. The SMILES string of the molecule is CCC(=O)N(C)C1CCN(CCC(=O)CC(=O)c2ccccc2O)CC1. The Kier molecular flexibility index (Phi) is 7.33. The van der Waals surface area contributed by atoms with Gasteiger partial charge in [0.05, 0.1) is 12.0 Å². The number of rotatable bonds is 8. The first-order valence-corrected chi connectivity index (χ1v) is 9.23. The molecule has 1 aliphatic rings. The number of hydrogen-bond donors (Lipinski definition) is 1. The highest BCUT2D eigenvalue weighted by molar-refractivity contribution is 6.09. The summed E-state index contributed by atoms with van der Waals surface area (Å²) in [5, 5.41) is 9.69. The molecule has 0 radical (unpaired) electrons. The summed E-state index contributed by atoms with van der Waals surface area (Å²) < 4.78 is 0. The molecule has 0 atom stereocenters. The predicted molar refractivity (Wildman–Crippen MR) is 99.2 cm³/mol. The fourth-order valence-corrected chi connectivity index (χ4v) is 3.34. The van der Waals surface area contributed by atoms with Gasteiger partial charge in [0.2, 0.25) is 5.91 Å². The van der Waals surface area contributed by atoms with Gasteiger partial charge in [0.25, 0.3) is 0 Å². The molecule has 2 rings (SSSR count). The van der Waals surface area contributed by atoms with Gasteiger partial charge in [-0.05, 0) is 25.0 Å². The van der Waals surface area contributed by atoms with Crippen LogP contribution in [0.1, 0.15) is 49.4 Å². The maximum atomic E-state index is 12.1. The van der Waals surface area contributed by atoms with Gasteiger partial charge in [-0.2, -0.15) is 0 Å². The first-order chi connectivity index (χ1) is 12.4. The highest BCUT2D eigenvalue weighted by Crippen LogP contribution is 2.19. The van der Waals surface area contributed by atoms with Crippen LogP contribution in [0.4, 0.5) is 0 Å². The molecule has 26 heavy (non-hydrogen) atoms. The van der Waals surface area contributed by atoms with Crippen molar-refractivity contribution in [3.05, 3.63) is 29.8 Å². The lowest BCUT2D eigenvalue weighted by atomic mass is 10.0. The summed E-state index contributed by atoms with van der Waals surface area (Å²) in [4.78, 5) is 40.0. The molecule has 0 aliphatic carbocycles. The van der Waals surface area contributed by atoms with Crippen molar-refractivity contribution in [2.24, 2.45) is 0 Å². The molecule has 0 unspecified atom stereocenters. The molecular weight excluding hydrogens is 332 g/mol. The van der Waals surface area contributed by atoms with Gasteiger partial charge in [-0.3, -0.25) is 14.4 Å². The molecule has 6 nitrogen and oxygen atoms in total. The van der Waals surface area contributed by atoms with Gasteiger partial charge in [-0.15, -0.1) is 0 Å². The van der Waals surface area contributed by atoms with Crippen molar-refractivity contribution in [1.29, 1.82) is 0 Å². The zero-order chi connectivity index (χ0) is 19.1. The molecule has 1 heterocycles. The number of amides is 1. The number of phenolic OH excluding ortho intramolecular Hbond substituents is 1. The zero-order valence-corrected chi connectivity index (χ0v) is 15.6. The third-order valence-electron chi connectivity index (χ3n) is 5.07. The second-order valence-corrected chi connectivity index (χ2v) is 6.84. The van der Waals surface area contributed by atoms with Crippen LogP contribution >= 0.6 is 0 Å². The second kappa shape index (κ2) is 9.48. The summed E-state index contributed by atoms with van der Waals surface area (Å²) in [6.07, 6.45) is 2.49. The quantitative estimate of drug-likeness (QED) is 0.568. The Labute approximate surface area is 154 Å². The smallest absolute Gasteiger partial charge is 0.222 e. The van der Waals surface area contributed by atoms with E-state index in [-0.39, 0.29) is 41.2 Å². The number of aromatic hydroxyl groups is 1. The van der Waals surface area contributed by atoms with Crippen molar-refractivity contribution in [3.63, 3.8) is 0 Å². The van der Waals surface area contributed by atoms with Crippen LogP contribution in [0.5, 0.6) is 5.75 Å². The minimum absolute atomic E-state index is 0.0851. The topological polar surface area (TPSA) is 77.9 Å². The van der Waals surface area contributed by atoms with E-state index in [1.165, 1.54) is 12.1 Å². The van der Waals surface area contributed by atoms with Crippen molar-refractivity contribution < 1.29 is 19.5 Å². The molecule has 6 heteroatoms. The summed E-state index contributed by atoms with van der Waals surface area (Å²) in [5.74, 6) is -0.371. The molecule has 1 saturated heterocycles. The van der Waals surface area contributed by atoms with Crippen molar-refractivity contribution in [1.82, 2.24) is 9.80 Å². The van der Waals surface area contributed by atoms with Crippen molar-refractivity contribution in [3.8, 4) is 5.75 Å². The summed E-state index contributed by atoms with van der Waals surface area (Å²) in [5.41, 5.74) is 0.199. The average Bonchev–Trinajstić information content (AvgIpc) is 2.65. The minimum atomic E-state index is -0.341. The van der Waals surface area contributed by atoms with Crippen LogP contribution in [0.25, 0.3) is 0 Å². The standard InChI is InChI=1S/C20H28N2O4/c1-3-20(26)21(2)15-8-11-22(12-9-15)13-10-16(23)14-19(25)17-6-4-5-7-18(17)24/h4-7,15,24H,3,8-14H2,1-2H3. The first kappa shape index (κ1) is 20.1. The van der Waals surface area contributed by atoms with Crippen molar-refractivity contribution >= 4 is 17.5 Å². The third-order valence-corrected chi connectivity index (χ3v) is 5.07. The van der Waals surface area contributed by atoms with E-state index in [1.54, 1.807) is 12.1 Å². The molecule has 0 aromatic heterocycles. The van der Waals surface area contributed by atoms with Crippen LogP contribution in [0, 0.1) is 0 Å². The molecule has 0 saturated carbocycles. The number of carbonyl (C=O) groups excluding carboxylic acids is 3. The molecule has 0 spiro atoms. The lowest BCUT2D eigenvalue weighted by molar-refractivity contribution is -0.132. The van der Waals surface area contributed by atoms with E-state index in [0.29, 0.717) is 19.4 Å². The lowest BCUT2D eigenvalue weighted by Gasteiger charge is -2.36. The minimum Gasteiger partial charge on any atom is -0.507 e. The molecule has 142 valence electrons. The predicted octanol–water partition coefficient (Wildman–Crippen LogP) is 2.26. The van der Waals surface area contributed by atoms with Gasteiger partial charge < -0.3 is 14.9 Å². The van der Waals surface area contributed by atoms with E-state index in [2.05, 4.69) is 4.90 Å². The van der Waals surface area contributed by atoms with Crippen LogP contribution in [0.2, 0.25) is 0 Å². The molecular formula is C20H28N2O4. The second-order valence-electron chi connectivity index (χ2n) is 6.84. The number of likely N-dealkylation sites (tertiary alicyclic amines) is 1. The number of ketones is 2. The first-order valence-electron chi connectivity index (χ1n) is 9.23. The molecule has 1 aliphatic heterocycles. The van der Waals surface area contributed by atoms with Crippen LogP contribution < -0.4 is 0 Å². The van der Waals surface area contributed by atoms with Gasteiger partial charge in [-0.25, -0.2) is 0 Å². The van der Waals surface area contributed by atoms with E-state index < -0.39 is 0 Å². The van der Waals surface area contributed by atoms with Crippen molar-refractivity contribution in [2.75, 3.05) is 26.7 Å². The number of benzene rings is 1. The third kappa shape index (κ3) is 5.39. The lowest BCUT2D eigenvalue weighted by Crippen LogP contribution is -2.45. The number of piperidine rings is 1. The van der Waals surface area contributed by atoms with Crippen LogP contribution in [-0.4, -0.2) is 65.1 Å². The highest BCUT2D eigenvalue weighted by Gasteiger charge is 2.25. The maximum absolute atomic E-state index is 12.1. The Morgan fingerprint density at radius 1 is 1.19 bits per heavy atom. The summed E-state index contributed by atoms with van der Waals surface area (Å²) in [7, 11) is 1.86. The molecule has 1 amide bonds. The summed E-state index contributed by atoms with van der Waals surface area (Å²) in [6.45, 7) is 4.21. The van der Waals surface area contributed by atoms with Gasteiger partial charge in [-0.1, -0.05) is 19.1 Å². The fraction of sp³-hybridized carbons (Fsp3) is 0.550. The number of phenols is 1. The fourth-order valence-electron chi connectivity index (χ4n) is 3.34. The average molecular weight is 360 g/mol. The Morgan fingerprint density at radius 3 is 2.46 bits per heavy atom. The molecule has 1 aromatic rings. The van der Waals surface area contributed by atoms with E-state index >= 15 is 0 Å². The number of Topliss-reactive ketones (excluding diaryl/α,β-unsaturated/α-hetero) is 2. The molecule has 1 fully saturated rings. The highest BCUT2D eigenvalue weighted by atomic mass is 16.3. The largest absolute Gasteiger partial charge is 0.507 e. The van der Waals surface area contributed by atoms with Gasteiger partial charge in [0.1, 0.15) is 11.5 Å². The van der Waals surface area contributed by atoms with E-state index in [0.717, 1.165) is 25.9 Å². The summed E-state index contributed by atoms with van der Waals surface area (Å²) in [6, 6.07) is 6.56. The Morgan fingerprint density at radius 2 is 1.85 bits per heavy atom. The summed E-state index contributed by atoms with van der Waals surface area (Å²) >= 11 is 0. The molecule has 1 aromatic carbocycles. The molecule has 0 bridgehead atoms. The number of para-hydroxylation sites is 1. The normalized spacial score (nSPS) is 15.6. The van der Waals surface area contributed by atoms with Crippen LogP contribution in [0.15, 0.2) is 24.3 Å². The zero-order valence-electron chi connectivity index (χ0n) is 15.6. The van der Waals surface area contributed by atoms with Gasteiger partial charge in [0, 0.05) is 45.6 Å². The van der Waals surface area contributed by atoms with Crippen LogP contribution in [-0.2, 0) is 9.59 Å². The van der Waals surface area contributed by atoms with Crippen molar-refractivity contribution in [2.45, 2.75) is 45.1 Å². The Bertz CT molecular complexity index is 651. The molecule has 1 N–H and O–H groups in total. The maximum Gasteiger partial charge on any atom is 0.222 e. The van der Waals surface area contributed by atoms with E-state index in [4.69, 9.17) is 0 Å². The van der Waals surface area contributed by atoms with E-state index in [9.17, 15) is 19.5 Å². The van der Waals surface area contributed by atoms with E-state index in [1.807, 2.05) is 18.9 Å².